The van der Waals surface area contributed by atoms with Gasteiger partial charge >= 0.3 is 0 Å². The Hall–Kier alpha value is -3.46. The van der Waals surface area contributed by atoms with Gasteiger partial charge in [0.2, 0.25) is 11.8 Å². The fourth-order valence-electron chi connectivity index (χ4n) is 6.77. The number of carbonyl (C=O) groups excluding carboxylic acids is 2. The molecule has 0 radical (unpaired) electrons. The fraction of sp³-hybridized carbons (Fsp3) is 0.290. The number of hydrogen-bond donors (Lipinski definition) is 0. The van der Waals surface area contributed by atoms with E-state index in [0.717, 1.165) is 44.9 Å². The lowest BCUT2D eigenvalue weighted by atomic mass is 9.76. The summed E-state index contributed by atoms with van der Waals surface area (Å²) >= 11 is 0. The summed E-state index contributed by atoms with van der Waals surface area (Å²) in [5, 5.41) is 0. The van der Waals surface area contributed by atoms with Crippen LogP contribution in [0.5, 0.6) is 0 Å². The van der Waals surface area contributed by atoms with E-state index in [0.29, 0.717) is 5.69 Å². The minimum Gasteiger partial charge on any atom is -0.274 e. The largest absolute Gasteiger partial charge is 0.274 e. The van der Waals surface area contributed by atoms with E-state index in [1.165, 1.54) is 49.4 Å². The first kappa shape index (κ1) is 20.0. The number of carbonyl (C=O) groups is 2. The highest BCUT2D eigenvalue weighted by atomic mass is 16.2. The SMILES string of the molecule is O=C1[C@@H]2C3=C(CC[C@@H]2C(=O)N1c1ccccc1)c1c2ccc(c1C3)CCc1ccc(cc1)CC2. The topological polar surface area (TPSA) is 37.4 Å². The number of anilines is 1. The predicted octanol–water partition coefficient (Wildman–Crippen LogP) is 5.48. The molecule has 0 spiro atoms. The average Bonchev–Trinajstić information content (AvgIpc) is 3.37. The first-order valence-corrected chi connectivity index (χ1v) is 12.6. The minimum absolute atomic E-state index is 0.0171. The number of imide groups is 1. The summed E-state index contributed by atoms with van der Waals surface area (Å²) in [6.45, 7) is 0. The van der Waals surface area contributed by atoms with Crippen molar-refractivity contribution in [1.29, 1.82) is 0 Å². The Bertz CT molecular complexity index is 1370. The Morgan fingerprint density at radius 3 is 2.09 bits per heavy atom. The molecule has 1 saturated heterocycles. The normalized spacial score (nSPS) is 23.0. The maximum atomic E-state index is 13.7. The molecular formula is C31H27NO2. The molecule has 3 heteroatoms. The van der Waals surface area contributed by atoms with E-state index in [2.05, 4.69) is 36.4 Å². The molecule has 1 fully saturated rings. The van der Waals surface area contributed by atoms with Gasteiger partial charge in [-0.25, -0.2) is 4.90 Å². The van der Waals surface area contributed by atoms with Crippen molar-refractivity contribution in [2.75, 3.05) is 4.90 Å². The Balaban J connectivity index is 1.31. The average molecular weight is 446 g/mol. The molecule has 0 saturated carbocycles. The molecule has 1 aliphatic heterocycles. The molecule has 168 valence electrons. The van der Waals surface area contributed by atoms with Crippen molar-refractivity contribution >= 4 is 23.1 Å². The van der Waals surface area contributed by atoms with Gasteiger partial charge in [-0.3, -0.25) is 9.59 Å². The summed E-state index contributed by atoms with van der Waals surface area (Å²) in [6.07, 6.45) is 6.57. The first-order valence-electron chi connectivity index (χ1n) is 12.6. The molecule has 2 atom stereocenters. The van der Waals surface area contributed by atoms with Gasteiger partial charge in [0.25, 0.3) is 0 Å². The molecule has 0 unspecified atom stereocenters. The maximum absolute atomic E-state index is 13.7. The van der Waals surface area contributed by atoms with Crippen molar-refractivity contribution in [2.24, 2.45) is 11.8 Å². The lowest BCUT2D eigenvalue weighted by Crippen LogP contribution is -2.31. The molecular weight excluding hydrogens is 418 g/mol. The van der Waals surface area contributed by atoms with Gasteiger partial charge < -0.3 is 0 Å². The van der Waals surface area contributed by atoms with Gasteiger partial charge in [-0.15, -0.1) is 0 Å². The van der Waals surface area contributed by atoms with Crippen LogP contribution >= 0.6 is 0 Å². The van der Waals surface area contributed by atoms with Gasteiger partial charge in [-0.2, -0.15) is 0 Å². The molecule has 10 rings (SSSR count). The zero-order valence-corrected chi connectivity index (χ0v) is 19.2. The fourth-order valence-corrected chi connectivity index (χ4v) is 6.77. The van der Waals surface area contributed by atoms with Crippen LogP contribution in [0.3, 0.4) is 0 Å². The summed E-state index contributed by atoms with van der Waals surface area (Å²) in [7, 11) is 0. The number of nitrogens with zero attached hydrogens (tertiary/aromatic N) is 1. The Morgan fingerprint density at radius 1 is 0.676 bits per heavy atom. The lowest BCUT2D eigenvalue weighted by Gasteiger charge is -2.24. The molecule has 2 amide bonds. The monoisotopic (exact) mass is 445 g/mol. The van der Waals surface area contributed by atoms with E-state index in [1.54, 1.807) is 0 Å². The van der Waals surface area contributed by atoms with E-state index in [1.807, 2.05) is 30.3 Å². The van der Waals surface area contributed by atoms with Crippen molar-refractivity contribution in [3.05, 3.63) is 106 Å². The number of fused-ring (bicyclic) bond motifs is 2. The highest BCUT2D eigenvalue weighted by molar-refractivity contribution is 6.23. The van der Waals surface area contributed by atoms with E-state index in [-0.39, 0.29) is 23.7 Å². The summed E-state index contributed by atoms with van der Waals surface area (Å²) in [6, 6.07) is 23.2. The molecule has 3 nitrogen and oxygen atoms in total. The number of benzene rings is 3. The number of para-hydroxylation sites is 1. The first-order chi connectivity index (χ1) is 16.7. The second kappa shape index (κ2) is 7.53. The number of rotatable bonds is 1. The Morgan fingerprint density at radius 2 is 1.35 bits per heavy atom. The van der Waals surface area contributed by atoms with Crippen molar-refractivity contribution < 1.29 is 9.59 Å². The zero-order valence-electron chi connectivity index (χ0n) is 19.2. The van der Waals surface area contributed by atoms with Crippen LogP contribution in [0.4, 0.5) is 5.69 Å². The van der Waals surface area contributed by atoms with Gasteiger partial charge in [-0.1, -0.05) is 54.6 Å². The number of aryl methyl sites for hydroxylation is 4. The van der Waals surface area contributed by atoms with Gasteiger partial charge in [-0.05, 0) is 102 Å². The molecule has 1 heterocycles. The van der Waals surface area contributed by atoms with E-state index in [4.69, 9.17) is 0 Å². The van der Waals surface area contributed by atoms with Crippen LogP contribution in [0.2, 0.25) is 0 Å². The lowest BCUT2D eigenvalue weighted by molar-refractivity contribution is -0.122. The molecule has 0 N–H and O–H groups in total. The third-order valence-electron chi connectivity index (χ3n) is 8.46. The smallest absolute Gasteiger partial charge is 0.241 e. The van der Waals surface area contributed by atoms with Crippen molar-refractivity contribution in [2.45, 2.75) is 44.9 Å². The van der Waals surface area contributed by atoms with Crippen LogP contribution in [-0.2, 0) is 41.7 Å². The molecule has 34 heavy (non-hydrogen) atoms. The molecule has 4 bridgehead atoms. The zero-order chi connectivity index (χ0) is 22.8. The van der Waals surface area contributed by atoms with E-state index >= 15 is 0 Å². The molecule has 6 aliphatic carbocycles. The van der Waals surface area contributed by atoms with Crippen LogP contribution in [0.1, 0.15) is 46.2 Å². The van der Waals surface area contributed by atoms with E-state index in [9.17, 15) is 9.59 Å². The molecule has 3 aromatic carbocycles. The maximum Gasteiger partial charge on any atom is 0.241 e. The van der Waals surface area contributed by atoms with Crippen LogP contribution in [0, 0.1) is 11.8 Å². The minimum atomic E-state index is -0.302. The second-order valence-corrected chi connectivity index (χ2v) is 10.2. The van der Waals surface area contributed by atoms with Crippen molar-refractivity contribution in [3.63, 3.8) is 0 Å². The van der Waals surface area contributed by atoms with Crippen LogP contribution in [0.25, 0.3) is 5.57 Å². The van der Waals surface area contributed by atoms with Crippen molar-refractivity contribution in [1.82, 2.24) is 0 Å². The van der Waals surface area contributed by atoms with E-state index < -0.39 is 0 Å². The van der Waals surface area contributed by atoms with Gasteiger partial charge in [0.05, 0.1) is 17.5 Å². The highest BCUT2D eigenvalue weighted by Gasteiger charge is 2.53. The van der Waals surface area contributed by atoms with Gasteiger partial charge in [0.1, 0.15) is 0 Å². The third-order valence-corrected chi connectivity index (χ3v) is 8.46. The van der Waals surface area contributed by atoms with Crippen molar-refractivity contribution in [3.8, 4) is 0 Å². The third kappa shape index (κ3) is 2.89. The quantitative estimate of drug-likeness (QED) is 0.465. The summed E-state index contributed by atoms with van der Waals surface area (Å²) in [5.41, 5.74) is 11.7. The van der Waals surface area contributed by atoms with Gasteiger partial charge in [0, 0.05) is 0 Å². The highest BCUT2D eigenvalue weighted by Crippen LogP contribution is 2.52. The second-order valence-electron chi connectivity index (χ2n) is 10.2. The summed E-state index contributed by atoms with van der Waals surface area (Å²) in [5.74, 6) is -0.565. The number of hydrogen-bond acceptors (Lipinski definition) is 2. The number of allylic oxidation sites excluding steroid dienone is 1. The van der Waals surface area contributed by atoms with Gasteiger partial charge in [0.15, 0.2) is 0 Å². The Kier molecular flexibility index (Phi) is 4.42. The van der Waals surface area contributed by atoms with Crippen LogP contribution in [0.15, 0.2) is 72.3 Å². The molecule has 7 aliphatic rings. The van der Waals surface area contributed by atoms with Crippen LogP contribution in [-0.4, -0.2) is 11.8 Å². The predicted molar refractivity (Wildman–Crippen MR) is 133 cm³/mol. The van der Waals surface area contributed by atoms with Crippen LogP contribution < -0.4 is 4.90 Å². The standard InChI is InChI=1S/C31H27NO2/c33-30-25-17-16-24-27(29(25)31(34)32(30)23-4-2-1-3-5-23)18-26-21-12-10-19-6-8-20(9-7-19)11-13-22(15-14-21)28(24)26/h1-9,14-15,25,29H,10-13,16-18H2/t25-,29-/m0/s1. The number of amides is 2. The summed E-state index contributed by atoms with van der Waals surface area (Å²) < 4.78 is 0. The molecule has 0 aromatic heterocycles. The Labute approximate surface area is 200 Å². The summed E-state index contributed by atoms with van der Waals surface area (Å²) in [4.78, 5) is 28.5. The molecule has 3 aromatic rings.